The van der Waals surface area contributed by atoms with Gasteiger partial charge in [-0.25, -0.2) is 11.6 Å². The molecule has 4 aromatic carbocycles. The van der Waals surface area contributed by atoms with Gasteiger partial charge in [0.1, 0.15) is 52.0 Å². The van der Waals surface area contributed by atoms with Crippen molar-refractivity contribution in [2.45, 2.75) is 273 Å². The molecule has 8 fully saturated rings. The van der Waals surface area contributed by atoms with Crippen LogP contribution in [0.1, 0.15) is 289 Å². The third-order valence-electron chi connectivity index (χ3n) is 30.1. The Morgan fingerprint density at radius 3 is 0.918 bits per heavy atom. The number of nitrogens with one attached hydrogen (secondary N) is 5. The van der Waals surface area contributed by atoms with Crippen molar-refractivity contribution in [2.24, 2.45) is 5.73 Å². The lowest BCUT2D eigenvalue weighted by molar-refractivity contribution is -0.118. The van der Waals surface area contributed by atoms with Gasteiger partial charge in [-0.15, -0.1) is 21.5 Å². The molecule has 10 aromatic rings. The number of carbonyl (C=O) groups is 5. The number of thiazole rings is 1. The largest absolute Gasteiger partial charge is 0.496 e. The van der Waals surface area contributed by atoms with Gasteiger partial charge in [-0.1, -0.05) is 107 Å². The van der Waals surface area contributed by atoms with Crippen LogP contribution in [0.5, 0.6) is 46.0 Å². The first kappa shape index (κ1) is 109. The van der Waals surface area contributed by atoms with Crippen LogP contribution in [0.4, 0.5) is 0 Å². The third-order valence-corrected chi connectivity index (χ3v) is 30.9. The van der Waals surface area contributed by atoms with Gasteiger partial charge in [-0.05, 0) is 254 Å². The molecule has 792 valence electrons. The standard InChI is InChI=1S/C29H39N5O3S.C27H38N8O3.C27H39N5O4.C27H37N5O3/c1-36-25-11-8-12-26(37-2)28(25)24-20-23(32-34(24)22-9-4-5-10-22)29(35)31-21(19-27-30-14-18-38-27)13-17-33-15-6-3-7-16-33;1-37-23-11-8-12-24(38-2)26(23)22-18-21(31-35(22)20-9-4-5-10-20)27(36)28-19(17-25-29-32-33-30-25)13-16-34-14-6-3-7-15-34;1-35-23-11-8-12-24(36-2)26(23)22-18-21(30-32(22)20-9-4-5-10-20)27(34)29-19(17-25(28)33)13-16-31-14-6-3-7-15-31;1-28-19-20(14-17-31-15-7-4-8-16-31)29-27(33)22-18-23(32(30-22)21-10-5-6-11-21)26-24(34-2)12-9-13-25(26)35-3/h8,11-12,14,18,20-22H,3-7,9-10,13,15-17,19H2,1-2H3,(H,31,35);8,11-12,18-20H,3-7,9-10,13-17H2,1-2H3,(H,28,36)(H,29,30,32,33);8,11-12,18-20H,3-7,9-10,13-17H2,1-2H3,(H2,28,33)(H,29,34);9,12-13,18,20-21H,4-8,10-11,14-17,19H2,2-3H3,(H,29,33)/t21-;2*19-;20-/m0000/s1. The van der Waals surface area contributed by atoms with E-state index in [0.29, 0.717) is 87.4 Å². The van der Waals surface area contributed by atoms with Crippen LogP contribution in [0.3, 0.4) is 0 Å². The van der Waals surface area contributed by atoms with E-state index in [1.54, 1.807) is 74.3 Å². The molecule has 5 amide bonds. The summed E-state index contributed by atoms with van der Waals surface area (Å²) < 4.78 is 53.4. The van der Waals surface area contributed by atoms with Crippen LogP contribution in [-0.2, 0) is 17.6 Å². The Hall–Kier alpha value is -12.5. The first-order chi connectivity index (χ1) is 71.9. The average molecular weight is 2040 g/mol. The normalized spacial score (nSPS) is 17.5. The number of primary amides is 1. The van der Waals surface area contributed by atoms with Gasteiger partial charge in [-0.2, -0.15) is 25.6 Å². The zero-order valence-electron chi connectivity index (χ0n) is 87.3. The lowest BCUT2D eigenvalue weighted by Crippen LogP contribution is -2.41. The van der Waals surface area contributed by atoms with E-state index in [2.05, 4.69) is 71.3 Å². The van der Waals surface area contributed by atoms with Crippen molar-refractivity contribution in [3.8, 4) is 91.0 Å². The predicted octanol–water partition coefficient (Wildman–Crippen LogP) is 16.9. The van der Waals surface area contributed by atoms with Gasteiger partial charge < -0.3 is 89.3 Å². The molecule has 4 aliphatic heterocycles. The van der Waals surface area contributed by atoms with Crippen molar-refractivity contribution in [1.82, 2.24) is 106 Å². The Morgan fingerprint density at radius 2 is 0.660 bits per heavy atom. The van der Waals surface area contributed by atoms with Crippen molar-refractivity contribution in [3.05, 3.63) is 154 Å². The number of nitrogens with two attached hydrogens (primary N) is 1. The van der Waals surface area contributed by atoms with Gasteiger partial charge in [0.2, 0.25) is 12.5 Å². The van der Waals surface area contributed by atoms with Gasteiger partial charge in [-0.3, -0.25) is 42.7 Å². The topological polar surface area (TPSA) is 389 Å². The second-order valence-corrected chi connectivity index (χ2v) is 40.9. The number of benzene rings is 4. The van der Waals surface area contributed by atoms with E-state index in [9.17, 15) is 24.0 Å². The molecule has 36 nitrogen and oxygen atoms in total. The van der Waals surface area contributed by atoms with Crippen LogP contribution in [0.2, 0.25) is 0 Å². The quantitative estimate of drug-likeness (QED) is 0.0193. The summed E-state index contributed by atoms with van der Waals surface area (Å²) >= 11 is 1.64. The highest BCUT2D eigenvalue weighted by Gasteiger charge is 2.36. The fourth-order valence-electron chi connectivity index (χ4n) is 22.3. The van der Waals surface area contributed by atoms with Crippen LogP contribution >= 0.6 is 11.3 Å². The molecule has 37 heteroatoms. The molecule has 4 saturated carbocycles. The number of aromatic amines is 1. The van der Waals surface area contributed by atoms with Crippen LogP contribution in [0.25, 0.3) is 49.9 Å². The monoisotopic (exact) mass is 2040 g/mol. The summed E-state index contributed by atoms with van der Waals surface area (Å²) in [7, 11) is 13.1. The minimum Gasteiger partial charge on any atom is -0.496 e. The molecule has 0 spiro atoms. The first-order valence-corrected chi connectivity index (χ1v) is 54.4. The molecule has 0 bridgehead atoms. The Bertz CT molecular complexity index is 5570. The molecule has 6 aromatic heterocycles. The van der Waals surface area contributed by atoms with E-state index in [1.165, 1.54) is 89.9 Å². The Kier molecular flexibility index (Phi) is 41.0. The van der Waals surface area contributed by atoms with Crippen molar-refractivity contribution in [3.63, 3.8) is 0 Å². The van der Waals surface area contributed by atoms with Crippen LogP contribution in [0, 0.1) is 6.57 Å². The number of H-pyrrole nitrogens is 1. The van der Waals surface area contributed by atoms with Crippen molar-refractivity contribution in [1.29, 1.82) is 0 Å². The Labute approximate surface area is 868 Å². The Balaban J connectivity index is 0.000000147. The van der Waals surface area contributed by atoms with E-state index in [1.807, 2.05) is 121 Å². The van der Waals surface area contributed by atoms with Gasteiger partial charge in [0.15, 0.2) is 28.6 Å². The average Bonchev–Trinajstić information content (AvgIpc) is 1.65. The molecule has 18 rings (SSSR count). The highest BCUT2D eigenvalue weighted by atomic mass is 32.1. The summed E-state index contributed by atoms with van der Waals surface area (Å²) in [4.78, 5) is 83.7. The van der Waals surface area contributed by atoms with E-state index in [4.69, 9.17) is 70.6 Å². The predicted molar refractivity (Wildman–Crippen MR) is 567 cm³/mol. The number of hydrogen-bond acceptors (Lipinski definition) is 26. The summed E-state index contributed by atoms with van der Waals surface area (Å²) in [6, 6.07) is 30.5. The molecular formula is C110H153N23O13S. The van der Waals surface area contributed by atoms with E-state index in [0.717, 1.165) is 244 Å². The number of aromatic nitrogens is 13. The number of tetrazole rings is 1. The van der Waals surface area contributed by atoms with Crippen molar-refractivity contribution in [2.75, 3.05) is 142 Å². The number of amides is 5. The van der Waals surface area contributed by atoms with E-state index >= 15 is 0 Å². The second kappa shape index (κ2) is 55.5. The highest BCUT2D eigenvalue weighted by Crippen LogP contribution is 2.48. The van der Waals surface area contributed by atoms with Crippen molar-refractivity contribution < 1.29 is 61.9 Å². The molecule has 7 N–H and O–H groups in total. The molecule has 0 unspecified atom stereocenters. The molecule has 147 heavy (non-hydrogen) atoms. The molecular weight excluding hydrogens is 1880 g/mol. The fourth-order valence-corrected chi connectivity index (χ4v) is 23.0. The maximum atomic E-state index is 13.7. The molecule has 0 radical (unpaired) electrons. The van der Waals surface area contributed by atoms with Crippen LogP contribution in [-0.4, -0.2) is 280 Å². The van der Waals surface area contributed by atoms with E-state index in [-0.39, 0.29) is 84.9 Å². The van der Waals surface area contributed by atoms with Crippen LogP contribution < -0.4 is 64.9 Å². The molecule has 4 atom stereocenters. The number of ether oxygens (including phenoxy) is 8. The second-order valence-electron chi connectivity index (χ2n) is 40.0. The highest BCUT2D eigenvalue weighted by molar-refractivity contribution is 7.09. The Morgan fingerprint density at radius 1 is 0.388 bits per heavy atom. The number of likely N-dealkylation sites (tertiary alicyclic amines) is 4. The number of carbonyl (C=O) groups excluding carboxylic acids is 5. The SMILES string of the molecule is COc1cccc(OC)c1-c1cc(C(=O)N[C@@H](CCN2CCCCC2)CC(N)=O)nn1C1CCCC1.COc1cccc(OC)c1-c1cc(C(=O)N[C@@H](CCN2CCCCC2)Cc2nccs2)nn1C1CCCC1.COc1cccc(OC)c1-c1cc(C(=O)N[C@@H](CCN2CCCCC2)Cc2nn[nH]n2)nn1C1CCCC1.[C-]#[N+]C[C@H](CCN1CCCCC1)NC(=O)c1cc(-c2c(OC)cccc2OC)n(C2CCCC2)n1. The van der Waals surface area contributed by atoms with Crippen LogP contribution in [0.15, 0.2) is 109 Å². The zero-order valence-corrected chi connectivity index (χ0v) is 88.2. The number of rotatable bonds is 43. The zero-order chi connectivity index (χ0) is 103. The van der Waals surface area contributed by atoms with Gasteiger partial charge in [0, 0.05) is 75.1 Å². The number of piperidine rings is 4. The summed E-state index contributed by atoms with van der Waals surface area (Å²) in [6.07, 6.45) is 38.8. The number of hydrogen-bond donors (Lipinski definition) is 6. The minimum absolute atomic E-state index is 0.00328. The van der Waals surface area contributed by atoms with Crippen molar-refractivity contribution >= 4 is 40.9 Å². The fraction of sp³-hybridized carbons (Fsp3) is 0.582. The molecule has 4 aliphatic carbocycles. The third kappa shape index (κ3) is 29.3. The molecule has 8 aliphatic rings. The molecule has 10 heterocycles. The molecule has 4 saturated heterocycles. The van der Waals surface area contributed by atoms with Gasteiger partial charge in [0.05, 0.1) is 131 Å². The first-order valence-electron chi connectivity index (χ1n) is 53.5. The number of methoxy groups -OCH3 is 8. The maximum Gasteiger partial charge on any atom is 0.272 e. The van der Waals surface area contributed by atoms with Gasteiger partial charge >= 0.3 is 0 Å². The lowest BCUT2D eigenvalue weighted by Gasteiger charge is -2.28. The summed E-state index contributed by atoms with van der Waals surface area (Å²) in [6.45, 7) is 20.1. The summed E-state index contributed by atoms with van der Waals surface area (Å²) in [5.41, 5.74) is 13.6. The minimum atomic E-state index is -0.421. The van der Waals surface area contributed by atoms with E-state index < -0.39 is 5.91 Å². The number of nitrogens with zero attached hydrogens (tertiary/aromatic N) is 17. The summed E-state index contributed by atoms with van der Waals surface area (Å²) in [5, 5.41) is 49.5. The summed E-state index contributed by atoms with van der Waals surface area (Å²) in [5.74, 6) is 4.76. The van der Waals surface area contributed by atoms with Gasteiger partial charge in [0.25, 0.3) is 23.6 Å². The smallest absolute Gasteiger partial charge is 0.272 e. The lowest BCUT2D eigenvalue weighted by atomic mass is 10.1. The maximum absolute atomic E-state index is 13.7.